The highest BCUT2D eigenvalue weighted by atomic mass is 127. The number of nitrogens with zero attached hydrogens (tertiary/aromatic N) is 2. The van der Waals surface area contributed by atoms with Crippen LogP contribution in [0.2, 0.25) is 5.02 Å². The number of likely N-dealkylation sites (tertiary alicyclic amines) is 1. The highest BCUT2D eigenvalue weighted by Gasteiger charge is 2.14. The van der Waals surface area contributed by atoms with Crippen molar-refractivity contribution in [2.75, 3.05) is 39.8 Å². The Kier molecular flexibility index (Phi) is 10.7. The summed E-state index contributed by atoms with van der Waals surface area (Å²) in [5.41, 5.74) is 1.24. The molecule has 1 saturated heterocycles. The molecule has 1 unspecified atom stereocenters. The van der Waals surface area contributed by atoms with Crippen LogP contribution in [0.15, 0.2) is 29.3 Å². The molecule has 0 aliphatic carbocycles. The maximum absolute atomic E-state index is 6.01. The van der Waals surface area contributed by atoms with E-state index in [1.807, 2.05) is 25.2 Å². The number of nitrogens with one attached hydrogen (secondary N) is 2. The van der Waals surface area contributed by atoms with Gasteiger partial charge in [0.25, 0.3) is 0 Å². The molecule has 6 heteroatoms. The van der Waals surface area contributed by atoms with E-state index in [4.69, 9.17) is 11.6 Å². The van der Waals surface area contributed by atoms with Crippen LogP contribution >= 0.6 is 35.6 Å². The van der Waals surface area contributed by atoms with Crippen molar-refractivity contribution >= 4 is 41.5 Å². The van der Waals surface area contributed by atoms with Gasteiger partial charge >= 0.3 is 0 Å². The van der Waals surface area contributed by atoms with E-state index in [2.05, 4.69) is 33.5 Å². The molecule has 1 fully saturated rings. The van der Waals surface area contributed by atoms with E-state index < -0.39 is 0 Å². The fourth-order valence-electron chi connectivity index (χ4n) is 2.98. The van der Waals surface area contributed by atoms with Crippen LogP contribution in [-0.4, -0.2) is 50.6 Å². The second-order valence-corrected chi connectivity index (χ2v) is 6.81. The molecule has 0 amide bonds. The molecule has 1 heterocycles. The summed E-state index contributed by atoms with van der Waals surface area (Å²) in [7, 11) is 1.82. The van der Waals surface area contributed by atoms with Gasteiger partial charge in [-0.1, -0.05) is 30.7 Å². The summed E-state index contributed by atoms with van der Waals surface area (Å²) in [6.07, 6.45) is 3.64. The molecule has 0 aromatic heterocycles. The van der Waals surface area contributed by atoms with Crippen molar-refractivity contribution in [3.05, 3.63) is 34.9 Å². The van der Waals surface area contributed by atoms with Crippen LogP contribution in [-0.2, 0) is 6.42 Å². The van der Waals surface area contributed by atoms with Gasteiger partial charge in [-0.15, -0.1) is 24.0 Å². The summed E-state index contributed by atoms with van der Waals surface area (Å²) in [5.74, 6) is 1.50. The lowest BCUT2D eigenvalue weighted by Gasteiger charge is -2.21. The Morgan fingerprint density at radius 3 is 2.71 bits per heavy atom. The molecule has 0 bridgehead atoms. The third-order valence-electron chi connectivity index (χ3n) is 4.21. The molecular weight excluding hydrogens is 435 g/mol. The van der Waals surface area contributed by atoms with Gasteiger partial charge < -0.3 is 15.5 Å². The number of benzene rings is 1. The third kappa shape index (κ3) is 8.03. The summed E-state index contributed by atoms with van der Waals surface area (Å²) >= 11 is 6.01. The van der Waals surface area contributed by atoms with Gasteiger partial charge in [0.05, 0.1) is 0 Å². The number of halogens is 2. The molecular formula is C18H30ClIN4. The fraction of sp³-hybridized carbons (Fsp3) is 0.611. The number of hydrogen-bond donors (Lipinski definition) is 2. The number of guanidine groups is 1. The van der Waals surface area contributed by atoms with Crippen molar-refractivity contribution in [1.29, 1.82) is 0 Å². The average Bonchev–Trinajstić information content (AvgIpc) is 3.03. The molecule has 1 aromatic rings. The van der Waals surface area contributed by atoms with Gasteiger partial charge in [0, 0.05) is 31.7 Å². The molecule has 24 heavy (non-hydrogen) atoms. The molecule has 1 aromatic carbocycles. The summed E-state index contributed by atoms with van der Waals surface area (Å²) < 4.78 is 0. The molecule has 1 atom stereocenters. The van der Waals surface area contributed by atoms with E-state index in [9.17, 15) is 0 Å². The van der Waals surface area contributed by atoms with Crippen molar-refractivity contribution in [1.82, 2.24) is 15.5 Å². The van der Waals surface area contributed by atoms with Crippen LogP contribution < -0.4 is 10.6 Å². The normalized spacial score (nSPS) is 16.5. The van der Waals surface area contributed by atoms with Crippen molar-refractivity contribution < 1.29 is 0 Å². The first kappa shape index (κ1) is 21.5. The zero-order valence-electron chi connectivity index (χ0n) is 14.7. The van der Waals surface area contributed by atoms with Gasteiger partial charge in [-0.05, 0) is 56.0 Å². The van der Waals surface area contributed by atoms with Crippen molar-refractivity contribution in [2.45, 2.75) is 26.2 Å². The summed E-state index contributed by atoms with van der Waals surface area (Å²) in [4.78, 5) is 6.85. The van der Waals surface area contributed by atoms with E-state index in [1.54, 1.807) is 0 Å². The molecule has 136 valence electrons. The lowest BCUT2D eigenvalue weighted by Crippen LogP contribution is -2.42. The number of hydrogen-bond acceptors (Lipinski definition) is 2. The first-order valence-electron chi connectivity index (χ1n) is 8.58. The lowest BCUT2D eigenvalue weighted by molar-refractivity contribution is 0.287. The molecule has 2 N–H and O–H groups in total. The van der Waals surface area contributed by atoms with E-state index in [0.717, 1.165) is 30.5 Å². The standard InChI is InChI=1S/C18H29ClN4.HI/c1-15(14-23-10-3-4-11-23)13-22-18(20-2)21-9-8-16-6-5-7-17(19)12-16;/h5-7,12,15H,3-4,8-11,13-14H2,1-2H3,(H2,20,21,22);1H. The predicted octanol–water partition coefficient (Wildman–Crippen LogP) is 3.40. The van der Waals surface area contributed by atoms with Crippen LogP contribution in [0.1, 0.15) is 25.3 Å². The van der Waals surface area contributed by atoms with E-state index in [0.29, 0.717) is 5.92 Å². The molecule has 2 rings (SSSR count). The zero-order valence-corrected chi connectivity index (χ0v) is 17.8. The molecule has 4 nitrogen and oxygen atoms in total. The maximum atomic E-state index is 6.01. The van der Waals surface area contributed by atoms with E-state index in [-0.39, 0.29) is 24.0 Å². The topological polar surface area (TPSA) is 39.7 Å². The summed E-state index contributed by atoms with van der Waals surface area (Å²) in [6.45, 7) is 7.79. The van der Waals surface area contributed by atoms with Crippen LogP contribution in [0, 0.1) is 5.92 Å². The highest BCUT2D eigenvalue weighted by molar-refractivity contribution is 14.0. The summed E-state index contributed by atoms with van der Waals surface area (Å²) in [6, 6.07) is 8.00. The Labute approximate surface area is 168 Å². The van der Waals surface area contributed by atoms with E-state index >= 15 is 0 Å². The monoisotopic (exact) mass is 464 g/mol. The minimum atomic E-state index is 0. The van der Waals surface area contributed by atoms with Gasteiger partial charge in [-0.3, -0.25) is 4.99 Å². The highest BCUT2D eigenvalue weighted by Crippen LogP contribution is 2.11. The average molecular weight is 465 g/mol. The van der Waals surface area contributed by atoms with Gasteiger partial charge in [0.1, 0.15) is 0 Å². The Balaban J connectivity index is 0.00000288. The Morgan fingerprint density at radius 1 is 1.29 bits per heavy atom. The van der Waals surface area contributed by atoms with Crippen LogP contribution in [0.5, 0.6) is 0 Å². The first-order chi connectivity index (χ1) is 11.2. The van der Waals surface area contributed by atoms with Gasteiger partial charge in [0.2, 0.25) is 0 Å². The third-order valence-corrected chi connectivity index (χ3v) is 4.44. The molecule has 0 radical (unpaired) electrons. The molecule has 0 saturated carbocycles. The zero-order chi connectivity index (χ0) is 16.5. The summed E-state index contributed by atoms with van der Waals surface area (Å²) in [5, 5.41) is 7.59. The Hall–Kier alpha value is -0.530. The number of rotatable bonds is 7. The van der Waals surface area contributed by atoms with Crippen LogP contribution in [0.3, 0.4) is 0 Å². The van der Waals surface area contributed by atoms with E-state index in [1.165, 1.54) is 38.0 Å². The van der Waals surface area contributed by atoms with Gasteiger partial charge in [-0.25, -0.2) is 0 Å². The minimum absolute atomic E-state index is 0. The second kappa shape index (κ2) is 11.9. The second-order valence-electron chi connectivity index (χ2n) is 6.37. The first-order valence-corrected chi connectivity index (χ1v) is 8.96. The van der Waals surface area contributed by atoms with Crippen molar-refractivity contribution in [3.63, 3.8) is 0 Å². The molecule has 1 aliphatic heterocycles. The van der Waals surface area contributed by atoms with Crippen LogP contribution in [0.4, 0.5) is 0 Å². The van der Waals surface area contributed by atoms with Gasteiger partial charge in [0.15, 0.2) is 5.96 Å². The molecule has 1 aliphatic rings. The Bertz CT molecular complexity index is 504. The van der Waals surface area contributed by atoms with Crippen molar-refractivity contribution in [3.8, 4) is 0 Å². The molecule has 0 spiro atoms. The maximum Gasteiger partial charge on any atom is 0.190 e. The lowest BCUT2D eigenvalue weighted by atomic mass is 10.1. The van der Waals surface area contributed by atoms with Gasteiger partial charge in [-0.2, -0.15) is 0 Å². The number of aliphatic imine (C=N–C) groups is 1. The van der Waals surface area contributed by atoms with Crippen molar-refractivity contribution in [2.24, 2.45) is 10.9 Å². The predicted molar refractivity (Wildman–Crippen MR) is 115 cm³/mol. The minimum Gasteiger partial charge on any atom is -0.356 e. The largest absolute Gasteiger partial charge is 0.356 e. The van der Waals surface area contributed by atoms with Crippen LogP contribution in [0.25, 0.3) is 0 Å². The quantitative estimate of drug-likeness (QED) is 0.369. The fourth-order valence-corrected chi connectivity index (χ4v) is 3.19. The smallest absolute Gasteiger partial charge is 0.190 e. The SMILES string of the molecule is CN=C(NCCc1cccc(Cl)c1)NCC(C)CN1CCCC1.I. The Morgan fingerprint density at radius 2 is 2.04 bits per heavy atom.